The number of hydrogen-bond donors (Lipinski definition) is 1. The van der Waals surface area contributed by atoms with Crippen molar-refractivity contribution in [3.63, 3.8) is 0 Å². The molecule has 6 nitrogen and oxygen atoms in total. The van der Waals surface area contributed by atoms with Gasteiger partial charge < -0.3 is 19.6 Å². The molecule has 1 aliphatic heterocycles. The molecule has 0 saturated carbocycles. The van der Waals surface area contributed by atoms with Crippen LogP contribution in [0.1, 0.15) is 23.6 Å². The van der Waals surface area contributed by atoms with Gasteiger partial charge in [0.05, 0.1) is 23.7 Å². The Balaban J connectivity index is 2.10. The quantitative estimate of drug-likeness (QED) is 0.375. The molecule has 31 heavy (non-hydrogen) atoms. The van der Waals surface area contributed by atoms with Crippen LogP contribution in [0.2, 0.25) is 10.0 Å². The molecule has 0 radical (unpaired) electrons. The van der Waals surface area contributed by atoms with Crippen LogP contribution in [-0.2, 0) is 9.59 Å². The van der Waals surface area contributed by atoms with Crippen molar-refractivity contribution in [1.29, 1.82) is 0 Å². The molecule has 0 unspecified atom stereocenters. The zero-order valence-electron chi connectivity index (χ0n) is 17.6. The number of ether oxygens (including phenoxy) is 1. The number of Topliss-reactive ketones (excluding diaryl/α,β-unsaturated/α-hetero) is 1. The molecule has 8 heteroatoms. The summed E-state index contributed by atoms with van der Waals surface area (Å²) in [5.41, 5.74) is 1.05. The number of likely N-dealkylation sites (tertiary alicyclic amines) is 1. The molecule has 1 N–H and O–H groups in total. The predicted octanol–water partition coefficient (Wildman–Crippen LogP) is 4.38. The third-order valence-electron chi connectivity index (χ3n) is 5.16. The van der Waals surface area contributed by atoms with E-state index in [-0.39, 0.29) is 16.4 Å². The van der Waals surface area contributed by atoms with Gasteiger partial charge in [0.15, 0.2) is 0 Å². The number of halogens is 2. The Morgan fingerprint density at radius 2 is 1.81 bits per heavy atom. The highest BCUT2D eigenvalue weighted by Gasteiger charge is 2.45. The van der Waals surface area contributed by atoms with Crippen molar-refractivity contribution in [1.82, 2.24) is 9.80 Å². The van der Waals surface area contributed by atoms with Gasteiger partial charge in [-0.15, -0.1) is 0 Å². The maximum absolute atomic E-state index is 13.0. The minimum absolute atomic E-state index is 0.0263. The van der Waals surface area contributed by atoms with Crippen molar-refractivity contribution in [3.05, 3.63) is 69.2 Å². The fraction of sp³-hybridized carbons (Fsp3) is 0.304. The number of hydrogen-bond acceptors (Lipinski definition) is 5. The third kappa shape index (κ3) is 4.87. The Hall–Kier alpha value is -2.54. The summed E-state index contributed by atoms with van der Waals surface area (Å²) in [7, 11) is 5.37. The normalized spacial score (nSPS) is 18.1. The molecule has 0 spiro atoms. The molecule has 1 atom stereocenters. The minimum atomic E-state index is -0.728. The molecule has 2 aromatic rings. The van der Waals surface area contributed by atoms with Crippen LogP contribution in [0.4, 0.5) is 0 Å². The number of aliphatic hydroxyl groups is 1. The van der Waals surface area contributed by atoms with Crippen LogP contribution >= 0.6 is 23.2 Å². The number of amides is 1. The zero-order valence-corrected chi connectivity index (χ0v) is 19.1. The fourth-order valence-corrected chi connectivity index (χ4v) is 4.01. The van der Waals surface area contributed by atoms with E-state index >= 15 is 0 Å². The maximum Gasteiger partial charge on any atom is 0.295 e. The summed E-state index contributed by atoms with van der Waals surface area (Å²) in [6, 6.07) is 10.9. The SMILES string of the molecule is COc1ccc(C(O)=C2C(=O)C(=O)N(CCCN(C)C)[C@@H]2c2ccc(Cl)cc2)cc1Cl. The van der Waals surface area contributed by atoms with Crippen molar-refractivity contribution in [2.24, 2.45) is 0 Å². The summed E-state index contributed by atoms with van der Waals surface area (Å²) in [6.07, 6.45) is 0.679. The summed E-state index contributed by atoms with van der Waals surface area (Å²) in [6.45, 7) is 1.13. The number of nitrogens with zero attached hydrogens (tertiary/aromatic N) is 2. The fourth-order valence-electron chi connectivity index (χ4n) is 3.63. The zero-order chi connectivity index (χ0) is 22.7. The molecule has 1 amide bonds. The van der Waals surface area contributed by atoms with E-state index in [1.807, 2.05) is 19.0 Å². The molecular weight excluding hydrogens is 439 g/mol. The number of benzene rings is 2. The molecule has 164 valence electrons. The number of carbonyl (C=O) groups is 2. The molecular formula is C23H24Cl2N2O4. The number of methoxy groups -OCH3 is 1. The van der Waals surface area contributed by atoms with Gasteiger partial charge in [0, 0.05) is 17.1 Å². The summed E-state index contributed by atoms with van der Waals surface area (Å²) in [5.74, 6) is -1.20. The van der Waals surface area contributed by atoms with E-state index in [1.165, 1.54) is 18.1 Å². The Labute approximate surface area is 191 Å². The van der Waals surface area contributed by atoms with Crippen LogP contribution in [-0.4, -0.2) is 60.9 Å². The van der Waals surface area contributed by atoms with Crippen molar-refractivity contribution < 1.29 is 19.4 Å². The van der Waals surface area contributed by atoms with Gasteiger partial charge in [0.25, 0.3) is 11.7 Å². The molecule has 2 aromatic carbocycles. The van der Waals surface area contributed by atoms with Crippen molar-refractivity contribution in [2.45, 2.75) is 12.5 Å². The molecule has 1 saturated heterocycles. The molecule has 1 aliphatic rings. The molecule has 1 heterocycles. The average Bonchev–Trinajstić information content (AvgIpc) is 2.98. The van der Waals surface area contributed by atoms with Gasteiger partial charge in [0.1, 0.15) is 11.5 Å². The highest BCUT2D eigenvalue weighted by atomic mass is 35.5. The monoisotopic (exact) mass is 462 g/mol. The van der Waals surface area contributed by atoms with Gasteiger partial charge in [-0.25, -0.2) is 0 Å². The summed E-state index contributed by atoms with van der Waals surface area (Å²) in [5, 5.41) is 11.9. The lowest BCUT2D eigenvalue weighted by Gasteiger charge is -2.26. The van der Waals surface area contributed by atoms with Crippen molar-refractivity contribution in [3.8, 4) is 5.75 Å². The molecule has 0 aliphatic carbocycles. The van der Waals surface area contributed by atoms with Crippen molar-refractivity contribution in [2.75, 3.05) is 34.3 Å². The number of carbonyl (C=O) groups excluding carboxylic acids is 2. The first kappa shape index (κ1) is 23.1. The van der Waals surface area contributed by atoms with Crippen LogP contribution < -0.4 is 4.74 Å². The molecule has 0 aromatic heterocycles. The molecule has 1 fully saturated rings. The summed E-state index contributed by atoms with van der Waals surface area (Å²) >= 11 is 12.2. The van der Waals surface area contributed by atoms with Crippen molar-refractivity contribution >= 4 is 40.7 Å². The second kappa shape index (κ2) is 9.73. The minimum Gasteiger partial charge on any atom is -0.507 e. The van der Waals surface area contributed by atoms with E-state index in [0.717, 1.165) is 6.54 Å². The lowest BCUT2D eigenvalue weighted by atomic mass is 9.95. The Morgan fingerprint density at radius 1 is 1.13 bits per heavy atom. The van der Waals surface area contributed by atoms with E-state index in [1.54, 1.807) is 36.4 Å². The highest BCUT2D eigenvalue weighted by molar-refractivity contribution is 6.46. The Bertz CT molecular complexity index is 1020. The molecule has 3 rings (SSSR count). The highest BCUT2D eigenvalue weighted by Crippen LogP contribution is 2.40. The average molecular weight is 463 g/mol. The summed E-state index contributed by atoms with van der Waals surface area (Å²) in [4.78, 5) is 29.4. The number of rotatable bonds is 7. The smallest absolute Gasteiger partial charge is 0.295 e. The van der Waals surface area contributed by atoms with Crippen LogP contribution in [0.5, 0.6) is 5.75 Å². The first-order valence-corrected chi connectivity index (χ1v) is 10.5. The van der Waals surface area contributed by atoms with Gasteiger partial charge in [-0.1, -0.05) is 35.3 Å². The largest absolute Gasteiger partial charge is 0.507 e. The summed E-state index contributed by atoms with van der Waals surface area (Å²) < 4.78 is 5.15. The van der Waals surface area contributed by atoms with E-state index in [9.17, 15) is 14.7 Å². The van der Waals surface area contributed by atoms with Gasteiger partial charge in [-0.2, -0.15) is 0 Å². The lowest BCUT2D eigenvalue weighted by Crippen LogP contribution is -2.32. The standard InChI is InChI=1S/C23H24Cl2N2O4/c1-26(2)11-4-12-27-20(14-5-8-16(24)9-6-14)19(22(29)23(27)30)21(28)15-7-10-18(31-3)17(25)13-15/h5-10,13,20,28H,4,11-12H2,1-3H3/t20-/m1/s1. The van der Waals surface area contributed by atoms with E-state index in [4.69, 9.17) is 27.9 Å². The number of aliphatic hydroxyl groups excluding tert-OH is 1. The van der Waals surface area contributed by atoms with E-state index in [0.29, 0.717) is 34.9 Å². The third-order valence-corrected chi connectivity index (χ3v) is 5.70. The predicted molar refractivity (Wildman–Crippen MR) is 122 cm³/mol. The second-order valence-electron chi connectivity index (χ2n) is 7.55. The second-order valence-corrected chi connectivity index (χ2v) is 8.39. The van der Waals surface area contributed by atoms with Gasteiger partial charge >= 0.3 is 0 Å². The van der Waals surface area contributed by atoms with E-state index in [2.05, 4.69) is 0 Å². The van der Waals surface area contributed by atoms with Gasteiger partial charge in [-0.3, -0.25) is 9.59 Å². The molecule has 0 bridgehead atoms. The van der Waals surface area contributed by atoms with Gasteiger partial charge in [0.2, 0.25) is 0 Å². The topological polar surface area (TPSA) is 70.1 Å². The Morgan fingerprint density at radius 3 is 2.39 bits per heavy atom. The maximum atomic E-state index is 13.0. The van der Waals surface area contributed by atoms with Gasteiger partial charge in [-0.05, 0) is 63.0 Å². The van der Waals surface area contributed by atoms with Crippen LogP contribution in [0.25, 0.3) is 5.76 Å². The number of ketones is 1. The first-order chi connectivity index (χ1) is 14.7. The van der Waals surface area contributed by atoms with Crippen LogP contribution in [0.3, 0.4) is 0 Å². The Kier molecular flexibility index (Phi) is 7.26. The first-order valence-electron chi connectivity index (χ1n) is 9.77. The van der Waals surface area contributed by atoms with E-state index < -0.39 is 17.7 Å². The van der Waals surface area contributed by atoms with Crippen LogP contribution in [0.15, 0.2) is 48.0 Å². The lowest BCUT2D eigenvalue weighted by molar-refractivity contribution is -0.139. The van der Waals surface area contributed by atoms with Crippen LogP contribution in [0, 0.1) is 0 Å².